The first-order chi connectivity index (χ1) is 21.2. The number of carbonyl (C=O) groups is 3. The van der Waals surface area contributed by atoms with Gasteiger partial charge in [0.15, 0.2) is 0 Å². The lowest BCUT2D eigenvalue weighted by molar-refractivity contribution is -0.154. The van der Waals surface area contributed by atoms with Gasteiger partial charge in [-0.3, -0.25) is 14.4 Å². The monoisotopic (exact) mass is 619 g/mol. The zero-order valence-corrected chi connectivity index (χ0v) is 26.3. The third-order valence-electron chi connectivity index (χ3n) is 9.79. The maximum absolute atomic E-state index is 14.8. The van der Waals surface area contributed by atoms with Gasteiger partial charge < -0.3 is 24.5 Å². The fourth-order valence-electron chi connectivity index (χ4n) is 7.73. The molecule has 8 nitrogen and oxygen atoms in total. The summed E-state index contributed by atoms with van der Waals surface area (Å²) in [5.41, 5.74) is -0.531. The Morgan fingerprint density at radius 2 is 1.75 bits per heavy atom. The molecule has 9 heteroatoms. The van der Waals surface area contributed by atoms with Crippen LogP contribution in [-0.2, 0) is 25.7 Å². The van der Waals surface area contributed by atoms with Gasteiger partial charge in [-0.2, -0.15) is 0 Å². The van der Waals surface area contributed by atoms with Crippen molar-refractivity contribution >= 4 is 35.0 Å². The molecule has 2 unspecified atom stereocenters. The van der Waals surface area contributed by atoms with E-state index in [0.717, 1.165) is 5.56 Å². The van der Waals surface area contributed by atoms with Crippen LogP contribution in [0.3, 0.4) is 0 Å². The summed E-state index contributed by atoms with van der Waals surface area (Å²) in [7, 11) is 0. The summed E-state index contributed by atoms with van der Waals surface area (Å²) in [5.74, 6) is -2.47. The van der Waals surface area contributed by atoms with Crippen molar-refractivity contribution in [1.29, 1.82) is 0 Å². The van der Waals surface area contributed by atoms with Crippen molar-refractivity contribution in [3.63, 3.8) is 0 Å². The molecule has 5 rings (SSSR count). The van der Waals surface area contributed by atoms with Gasteiger partial charge in [0.2, 0.25) is 11.8 Å². The fraction of sp³-hybridized carbons (Fsp3) is 0.457. The molecule has 3 fully saturated rings. The fourth-order valence-corrected chi connectivity index (χ4v) is 7.85. The Kier molecular flexibility index (Phi) is 9.35. The zero-order valence-electron chi connectivity index (χ0n) is 25.5. The van der Waals surface area contributed by atoms with Gasteiger partial charge in [0, 0.05) is 30.3 Å². The molecule has 2 bridgehead atoms. The van der Waals surface area contributed by atoms with Gasteiger partial charge in [-0.15, -0.1) is 13.2 Å². The highest BCUT2D eigenvalue weighted by Gasteiger charge is 2.79. The van der Waals surface area contributed by atoms with E-state index in [1.807, 2.05) is 44.2 Å². The smallest absolute Gasteiger partial charge is 0.253 e. The quantitative estimate of drug-likeness (QED) is 0.319. The van der Waals surface area contributed by atoms with Gasteiger partial charge >= 0.3 is 0 Å². The second-order valence-corrected chi connectivity index (χ2v) is 12.5. The highest BCUT2D eigenvalue weighted by atomic mass is 35.5. The van der Waals surface area contributed by atoms with Gasteiger partial charge in [-0.1, -0.05) is 67.9 Å². The molecule has 2 aromatic carbocycles. The minimum atomic E-state index is -1.22. The second kappa shape index (κ2) is 12.9. The molecule has 3 aliphatic rings. The molecule has 1 spiro atoms. The number of rotatable bonds is 13. The summed E-state index contributed by atoms with van der Waals surface area (Å²) in [6.07, 6.45) is 5.29. The molecule has 1 N–H and O–H groups in total. The van der Waals surface area contributed by atoms with Crippen LogP contribution in [0.4, 0.5) is 5.69 Å². The molecule has 3 heterocycles. The summed E-state index contributed by atoms with van der Waals surface area (Å²) in [5, 5.41) is 11.0. The lowest BCUT2D eigenvalue weighted by Gasteiger charge is -2.39. The third-order valence-corrected chi connectivity index (χ3v) is 10.0. The van der Waals surface area contributed by atoms with Crippen molar-refractivity contribution < 1.29 is 24.2 Å². The largest absolute Gasteiger partial charge is 0.394 e. The molecular formula is C35H42ClN3O5. The van der Waals surface area contributed by atoms with Crippen LogP contribution in [0, 0.1) is 11.8 Å². The van der Waals surface area contributed by atoms with E-state index in [9.17, 15) is 19.5 Å². The summed E-state index contributed by atoms with van der Waals surface area (Å²) in [6, 6.07) is 15.0. The van der Waals surface area contributed by atoms with Crippen LogP contribution in [0.1, 0.15) is 45.1 Å². The third kappa shape index (κ3) is 5.17. The number of benzene rings is 2. The number of nitrogens with zero attached hydrogens (tertiary/aromatic N) is 3. The van der Waals surface area contributed by atoms with Crippen LogP contribution in [-0.4, -0.2) is 75.6 Å². The van der Waals surface area contributed by atoms with E-state index in [4.69, 9.17) is 16.3 Å². The van der Waals surface area contributed by atoms with Crippen molar-refractivity contribution in [2.45, 2.75) is 69.4 Å². The van der Waals surface area contributed by atoms with Crippen molar-refractivity contribution in [3.8, 4) is 0 Å². The number of halogens is 1. The number of anilines is 1. The van der Waals surface area contributed by atoms with E-state index in [2.05, 4.69) is 13.2 Å². The Morgan fingerprint density at radius 1 is 1.07 bits per heavy atom. The number of fused-ring (bicyclic) bond motifs is 1. The number of likely N-dealkylation sites (tertiary alicyclic amines) is 1. The molecular weight excluding hydrogens is 578 g/mol. The first kappa shape index (κ1) is 31.9. The molecule has 3 aliphatic heterocycles. The molecule has 6 atom stereocenters. The molecule has 2 aromatic rings. The van der Waals surface area contributed by atoms with Crippen LogP contribution in [0.5, 0.6) is 0 Å². The Hall–Kier alpha value is -3.46. The van der Waals surface area contributed by atoms with Gasteiger partial charge in [-0.05, 0) is 55.5 Å². The molecule has 0 radical (unpaired) electrons. The number of amides is 3. The highest BCUT2D eigenvalue weighted by molar-refractivity contribution is 6.30. The molecule has 3 saturated heterocycles. The second-order valence-electron chi connectivity index (χ2n) is 12.0. The van der Waals surface area contributed by atoms with E-state index in [1.54, 1.807) is 46.2 Å². The summed E-state index contributed by atoms with van der Waals surface area (Å²) in [6.45, 7) is 12.2. The lowest BCUT2D eigenvalue weighted by Crippen LogP contribution is -2.59. The molecule has 3 amide bonds. The SMILES string of the molecule is C=CCN(Cc1ccccc1)C(=O)[C@H]1[C@H]2C(=O)N([C@@H](CC)CO)C(C(=O)N(CC=C)c3ccc(Cl)cc3)C23CC[C@]1(CC)O3. The van der Waals surface area contributed by atoms with Crippen LogP contribution >= 0.6 is 11.6 Å². The van der Waals surface area contributed by atoms with Crippen molar-refractivity contribution in [3.05, 3.63) is 90.5 Å². The maximum atomic E-state index is 14.8. The van der Waals surface area contributed by atoms with Crippen LogP contribution < -0.4 is 4.90 Å². The lowest BCUT2D eigenvalue weighted by atomic mass is 9.64. The average Bonchev–Trinajstić information content (AvgIpc) is 3.64. The van der Waals surface area contributed by atoms with Gasteiger partial charge in [0.25, 0.3) is 5.91 Å². The van der Waals surface area contributed by atoms with Gasteiger partial charge in [-0.25, -0.2) is 0 Å². The Labute approximate surface area is 264 Å². The van der Waals surface area contributed by atoms with Crippen LogP contribution in [0.25, 0.3) is 0 Å². The van der Waals surface area contributed by atoms with E-state index >= 15 is 0 Å². The molecule has 234 valence electrons. The number of ether oxygens (including phenoxy) is 1. The predicted molar refractivity (Wildman–Crippen MR) is 171 cm³/mol. The predicted octanol–water partition coefficient (Wildman–Crippen LogP) is 5.00. The number of aliphatic hydroxyl groups excluding tert-OH is 1. The average molecular weight is 620 g/mol. The summed E-state index contributed by atoms with van der Waals surface area (Å²) >= 11 is 6.15. The number of hydrogen-bond acceptors (Lipinski definition) is 5. The zero-order chi connectivity index (χ0) is 31.6. The minimum Gasteiger partial charge on any atom is -0.394 e. The Bertz CT molecular complexity index is 1400. The summed E-state index contributed by atoms with van der Waals surface area (Å²) < 4.78 is 6.98. The van der Waals surface area contributed by atoms with E-state index in [-0.39, 0.29) is 30.9 Å². The minimum absolute atomic E-state index is 0.179. The van der Waals surface area contributed by atoms with Crippen LogP contribution in [0.15, 0.2) is 79.9 Å². The maximum Gasteiger partial charge on any atom is 0.253 e. The number of carbonyl (C=O) groups excluding carboxylic acids is 3. The molecule has 0 aliphatic carbocycles. The van der Waals surface area contributed by atoms with Crippen molar-refractivity contribution in [2.75, 3.05) is 24.6 Å². The first-order valence-corrected chi connectivity index (χ1v) is 15.8. The van der Waals surface area contributed by atoms with Crippen molar-refractivity contribution in [2.24, 2.45) is 11.8 Å². The topological polar surface area (TPSA) is 90.4 Å². The summed E-state index contributed by atoms with van der Waals surface area (Å²) in [4.78, 5) is 48.9. The Morgan fingerprint density at radius 3 is 2.34 bits per heavy atom. The van der Waals surface area contributed by atoms with E-state index < -0.39 is 35.1 Å². The standard InChI is InChI=1S/C35H42ClN3O5/c1-5-20-37(22-24-12-10-9-11-13-24)31(41)28-29-32(42)39(26(7-3)23-40)30(35(29)19-18-34(28,8-4)44-35)33(43)38(21-6-2)27-16-14-25(36)15-17-27/h5-6,9-17,26,28-30,40H,1-2,7-8,18-23H2,3-4H3/t26-,28+,29-,30?,34-,35?/m0/s1. The number of aliphatic hydroxyl groups is 1. The first-order valence-electron chi connectivity index (χ1n) is 15.5. The van der Waals surface area contributed by atoms with Crippen LogP contribution in [0.2, 0.25) is 5.02 Å². The normalized spacial score (nSPS) is 27.6. The molecule has 0 saturated carbocycles. The van der Waals surface area contributed by atoms with E-state index in [1.165, 1.54) is 4.90 Å². The Balaban J connectivity index is 1.61. The molecule has 44 heavy (non-hydrogen) atoms. The van der Waals surface area contributed by atoms with Gasteiger partial charge in [0.05, 0.1) is 30.1 Å². The van der Waals surface area contributed by atoms with Gasteiger partial charge in [0.1, 0.15) is 11.6 Å². The van der Waals surface area contributed by atoms with Crippen molar-refractivity contribution in [1.82, 2.24) is 9.80 Å². The molecule has 0 aromatic heterocycles. The number of hydrogen-bond donors (Lipinski definition) is 1. The van der Waals surface area contributed by atoms with E-state index in [0.29, 0.717) is 49.5 Å². The highest BCUT2D eigenvalue weighted by Crippen LogP contribution is 2.65.